The van der Waals surface area contributed by atoms with Gasteiger partial charge in [0, 0.05) is 30.8 Å². The van der Waals surface area contributed by atoms with Gasteiger partial charge in [-0.2, -0.15) is 0 Å². The van der Waals surface area contributed by atoms with Crippen molar-refractivity contribution < 1.29 is 9.59 Å². The zero-order chi connectivity index (χ0) is 17.6. The van der Waals surface area contributed by atoms with E-state index in [1.54, 1.807) is 4.90 Å². The highest BCUT2D eigenvalue weighted by Crippen LogP contribution is 2.25. The lowest BCUT2D eigenvalue weighted by atomic mass is 10.1. The van der Waals surface area contributed by atoms with Gasteiger partial charge in [0.15, 0.2) is 0 Å². The van der Waals surface area contributed by atoms with Crippen molar-refractivity contribution in [3.05, 3.63) is 29.8 Å². The fraction of sp³-hybridized carbons (Fsp3) is 0.600. The fourth-order valence-electron chi connectivity index (χ4n) is 3.74. The number of benzene rings is 1. The summed E-state index contributed by atoms with van der Waals surface area (Å²) in [5.41, 5.74) is 1.46. The minimum absolute atomic E-state index is 0.0554. The molecule has 1 atom stereocenters. The summed E-state index contributed by atoms with van der Waals surface area (Å²) in [5.74, 6) is 0.464. The number of carbonyl (C=O) groups excluding carboxylic acids is 2. The molecule has 2 amide bonds. The smallest absolute Gasteiger partial charge is 0.251 e. The zero-order valence-electron chi connectivity index (χ0n) is 15.2. The first-order valence-corrected chi connectivity index (χ1v) is 9.54. The van der Waals surface area contributed by atoms with Crippen molar-refractivity contribution in [2.45, 2.75) is 39.0 Å². The summed E-state index contributed by atoms with van der Waals surface area (Å²) < 4.78 is 0. The molecule has 0 radical (unpaired) electrons. The summed E-state index contributed by atoms with van der Waals surface area (Å²) >= 11 is 0. The molecule has 5 nitrogen and oxygen atoms in total. The first-order valence-electron chi connectivity index (χ1n) is 9.54. The van der Waals surface area contributed by atoms with Gasteiger partial charge >= 0.3 is 0 Å². The summed E-state index contributed by atoms with van der Waals surface area (Å²) in [6.07, 6.45) is 5.52. The number of hydrogen-bond donors (Lipinski definition) is 1. The van der Waals surface area contributed by atoms with E-state index >= 15 is 0 Å². The summed E-state index contributed by atoms with van der Waals surface area (Å²) in [4.78, 5) is 28.7. The monoisotopic (exact) mass is 343 g/mol. The number of nitrogens with one attached hydrogen (secondary N) is 1. The third-order valence-electron chi connectivity index (χ3n) is 5.12. The molecule has 0 bridgehead atoms. The molecule has 2 fully saturated rings. The molecule has 2 aliphatic rings. The molecule has 0 saturated carbocycles. The van der Waals surface area contributed by atoms with Crippen LogP contribution in [0.2, 0.25) is 0 Å². The highest BCUT2D eigenvalue weighted by atomic mass is 16.2. The predicted octanol–water partition coefficient (Wildman–Crippen LogP) is 2.67. The van der Waals surface area contributed by atoms with Crippen LogP contribution < -0.4 is 10.2 Å². The fourth-order valence-corrected chi connectivity index (χ4v) is 3.74. The second-order valence-electron chi connectivity index (χ2n) is 7.38. The summed E-state index contributed by atoms with van der Waals surface area (Å²) in [5, 5.41) is 3.01. The molecule has 136 valence electrons. The maximum atomic E-state index is 12.4. The standard InChI is InChI=1S/C20H29N3O2/c1-16-13-19(24)23(15-16)18-8-5-7-17(14-18)20(25)21-9-6-12-22-10-3-2-4-11-22/h5,7-8,14,16H,2-4,6,9-13,15H2,1H3,(H,21,25). The van der Waals surface area contributed by atoms with Crippen LogP contribution in [-0.4, -0.2) is 49.4 Å². The molecule has 1 aromatic carbocycles. The maximum Gasteiger partial charge on any atom is 0.251 e. The molecule has 1 N–H and O–H groups in total. The average molecular weight is 343 g/mol. The lowest BCUT2D eigenvalue weighted by molar-refractivity contribution is -0.117. The molecular weight excluding hydrogens is 314 g/mol. The van der Waals surface area contributed by atoms with Crippen molar-refractivity contribution in [1.29, 1.82) is 0 Å². The lowest BCUT2D eigenvalue weighted by Gasteiger charge is -2.26. The third-order valence-corrected chi connectivity index (χ3v) is 5.12. The Bertz CT molecular complexity index is 611. The van der Waals surface area contributed by atoms with Gasteiger partial charge in [-0.25, -0.2) is 0 Å². The van der Waals surface area contributed by atoms with Gasteiger partial charge < -0.3 is 15.1 Å². The highest BCUT2D eigenvalue weighted by molar-refractivity contribution is 5.99. The predicted molar refractivity (Wildman–Crippen MR) is 99.8 cm³/mol. The average Bonchev–Trinajstić information content (AvgIpc) is 2.98. The second-order valence-corrected chi connectivity index (χ2v) is 7.38. The van der Waals surface area contributed by atoms with E-state index in [-0.39, 0.29) is 11.8 Å². The van der Waals surface area contributed by atoms with Crippen LogP contribution in [0, 0.1) is 5.92 Å². The van der Waals surface area contributed by atoms with Gasteiger partial charge in [0.2, 0.25) is 5.91 Å². The van der Waals surface area contributed by atoms with Gasteiger partial charge in [-0.3, -0.25) is 9.59 Å². The summed E-state index contributed by atoms with van der Waals surface area (Å²) in [7, 11) is 0. The molecule has 1 unspecified atom stereocenters. The quantitative estimate of drug-likeness (QED) is 0.808. The molecule has 2 saturated heterocycles. The first kappa shape index (κ1) is 17.9. The first-order chi connectivity index (χ1) is 12.1. The van der Waals surface area contributed by atoms with E-state index in [9.17, 15) is 9.59 Å². The van der Waals surface area contributed by atoms with Crippen molar-refractivity contribution in [1.82, 2.24) is 10.2 Å². The Balaban J connectivity index is 1.48. The molecule has 0 aromatic heterocycles. The number of amides is 2. The number of rotatable bonds is 6. The summed E-state index contributed by atoms with van der Waals surface area (Å²) in [6.45, 7) is 6.95. The SMILES string of the molecule is CC1CC(=O)N(c2cccc(C(=O)NCCCN3CCCCC3)c2)C1. The minimum Gasteiger partial charge on any atom is -0.352 e. The van der Waals surface area contributed by atoms with Crippen molar-refractivity contribution in [2.75, 3.05) is 37.6 Å². The van der Waals surface area contributed by atoms with Gasteiger partial charge in [0.1, 0.15) is 0 Å². The minimum atomic E-state index is -0.0554. The van der Waals surface area contributed by atoms with Crippen LogP contribution in [0.3, 0.4) is 0 Å². The Labute approximate surface area is 150 Å². The number of anilines is 1. The van der Waals surface area contributed by atoms with E-state index < -0.39 is 0 Å². The van der Waals surface area contributed by atoms with Crippen molar-refractivity contribution in [2.24, 2.45) is 5.92 Å². The molecule has 5 heteroatoms. The molecule has 0 spiro atoms. The normalized spacial score (nSPS) is 21.6. The number of piperidine rings is 1. The van der Waals surface area contributed by atoms with E-state index in [1.165, 1.54) is 32.4 Å². The number of carbonyl (C=O) groups is 2. The van der Waals surface area contributed by atoms with Crippen molar-refractivity contribution in [3.8, 4) is 0 Å². The molecule has 2 aliphatic heterocycles. The number of nitrogens with zero attached hydrogens (tertiary/aromatic N) is 2. The van der Waals surface area contributed by atoms with Crippen LogP contribution in [0.4, 0.5) is 5.69 Å². The van der Waals surface area contributed by atoms with E-state index in [4.69, 9.17) is 0 Å². The van der Waals surface area contributed by atoms with Crippen LogP contribution in [0.15, 0.2) is 24.3 Å². The largest absolute Gasteiger partial charge is 0.352 e. The van der Waals surface area contributed by atoms with Gasteiger partial charge in [0.25, 0.3) is 5.91 Å². The van der Waals surface area contributed by atoms with Crippen molar-refractivity contribution >= 4 is 17.5 Å². The Kier molecular flexibility index (Phi) is 6.08. The maximum absolute atomic E-state index is 12.4. The van der Waals surface area contributed by atoms with E-state index in [1.807, 2.05) is 24.3 Å². The van der Waals surface area contributed by atoms with Crippen LogP contribution in [0.5, 0.6) is 0 Å². The molecule has 25 heavy (non-hydrogen) atoms. The highest BCUT2D eigenvalue weighted by Gasteiger charge is 2.27. The van der Waals surface area contributed by atoms with Gasteiger partial charge in [-0.15, -0.1) is 0 Å². The van der Waals surface area contributed by atoms with Crippen LogP contribution in [0.25, 0.3) is 0 Å². The Hall–Kier alpha value is -1.88. The Morgan fingerprint density at radius 2 is 2.04 bits per heavy atom. The molecular formula is C20H29N3O2. The van der Waals surface area contributed by atoms with Gasteiger partial charge in [-0.1, -0.05) is 19.4 Å². The van der Waals surface area contributed by atoms with Gasteiger partial charge in [0.05, 0.1) is 0 Å². The van der Waals surface area contributed by atoms with Crippen LogP contribution >= 0.6 is 0 Å². The topological polar surface area (TPSA) is 52.7 Å². The lowest BCUT2D eigenvalue weighted by Crippen LogP contribution is -2.33. The molecule has 2 heterocycles. The molecule has 0 aliphatic carbocycles. The Morgan fingerprint density at radius 1 is 1.24 bits per heavy atom. The van der Waals surface area contributed by atoms with Crippen LogP contribution in [0.1, 0.15) is 49.4 Å². The van der Waals surface area contributed by atoms with E-state index in [0.717, 1.165) is 25.2 Å². The summed E-state index contributed by atoms with van der Waals surface area (Å²) in [6, 6.07) is 7.40. The van der Waals surface area contributed by atoms with Gasteiger partial charge in [-0.05, 0) is 63.0 Å². The van der Waals surface area contributed by atoms with Crippen molar-refractivity contribution in [3.63, 3.8) is 0 Å². The molecule has 1 aromatic rings. The number of hydrogen-bond acceptors (Lipinski definition) is 3. The second kappa shape index (κ2) is 8.48. The van der Waals surface area contributed by atoms with E-state index in [0.29, 0.717) is 24.4 Å². The number of likely N-dealkylation sites (tertiary alicyclic amines) is 1. The Morgan fingerprint density at radius 3 is 2.76 bits per heavy atom. The molecule has 3 rings (SSSR count). The third kappa shape index (κ3) is 4.82. The van der Waals surface area contributed by atoms with Crippen LogP contribution in [-0.2, 0) is 4.79 Å². The zero-order valence-corrected chi connectivity index (χ0v) is 15.2. The van der Waals surface area contributed by atoms with E-state index in [2.05, 4.69) is 17.1 Å².